The molecule has 1 aromatic rings. The molecule has 8 nitrogen and oxygen atoms in total. The minimum atomic E-state index is -0.552. The Bertz CT molecular complexity index is 637. The number of rotatable bonds is 4. The molecule has 2 aliphatic heterocycles. The van der Waals surface area contributed by atoms with E-state index >= 15 is 0 Å². The highest BCUT2D eigenvalue weighted by Crippen LogP contribution is 2.32. The average molecular weight is 348 g/mol. The van der Waals surface area contributed by atoms with Gasteiger partial charge >= 0.3 is 6.03 Å². The van der Waals surface area contributed by atoms with E-state index in [-0.39, 0.29) is 12.5 Å². The molecule has 1 unspecified atom stereocenters. The maximum Gasteiger partial charge on any atom is 0.325 e. The molecule has 2 aliphatic rings. The predicted molar refractivity (Wildman–Crippen MR) is 93.1 cm³/mol. The molecule has 1 aromatic carbocycles. The predicted octanol–water partition coefficient (Wildman–Crippen LogP) is 0.790. The molecule has 0 spiro atoms. The molecule has 0 radical (unpaired) electrons. The molecule has 3 rings (SSSR count). The van der Waals surface area contributed by atoms with Crippen molar-refractivity contribution in [2.75, 3.05) is 45.2 Å². The third-order valence-corrected chi connectivity index (χ3v) is 4.33. The van der Waals surface area contributed by atoms with Gasteiger partial charge in [-0.3, -0.25) is 15.0 Å². The molecule has 1 atom stereocenters. The Morgan fingerprint density at radius 2 is 2.04 bits per heavy atom. The standard InChI is InChI=1S/C17H24N4O4/c1-18-13-3-2-6-21(10-13)11-16(22)20-17(23)19-12-4-5-14-15(9-12)25-8-7-24-14/h4-5,9,13,18H,2-3,6-8,10-11H2,1H3,(H2,19,20,22,23). The SMILES string of the molecule is CNC1CCCN(CC(=O)NC(=O)Nc2ccc3c(c2)OCCO3)C1. The Labute approximate surface area is 146 Å². The Hall–Kier alpha value is -2.32. The first-order valence-electron chi connectivity index (χ1n) is 8.54. The van der Waals surface area contributed by atoms with Gasteiger partial charge in [-0.25, -0.2) is 4.79 Å². The third-order valence-electron chi connectivity index (χ3n) is 4.33. The van der Waals surface area contributed by atoms with Gasteiger partial charge in [0.1, 0.15) is 13.2 Å². The molecule has 3 N–H and O–H groups in total. The normalized spacial score (nSPS) is 20.0. The van der Waals surface area contributed by atoms with Crippen molar-refractivity contribution >= 4 is 17.6 Å². The summed E-state index contributed by atoms with van der Waals surface area (Å²) in [5.41, 5.74) is 0.544. The number of fused-ring (bicyclic) bond motifs is 1. The van der Waals surface area contributed by atoms with Gasteiger partial charge in [-0.1, -0.05) is 0 Å². The summed E-state index contributed by atoms with van der Waals surface area (Å²) in [6.45, 7) is 2.89. The molecule has 3 amide bonds. The molecule has 0 aromatic heterocycles. The molecule has 136 valence electrons. The molecular weight excluding hydrogens is 324 g/mol. The van der Waals surface area contributed by atoms with Gasteiger partial charge in [-0.2, -0.15) is 0 Å². The van der Waals surface area contributed by atoms with Crippen LogP contribution < -0.4 is 25.4 Å². The van der Waals surface area contributed by atoms with E-state index in [1.54, 1.807) is 18.2 Å². The van der Waals surface area contributed by atoms with Crippen molar-refractivity contribution in [2.45, 2.75) is 18.9 Å². The second-order valence-corrected chi connectivity index (χ2v) is 6.22. The zero-order valence-electron chi connectivity index (χ0n) is 14.3. The lowest BCUT2D eigenvalue weighted by Gasteiger charge is -2.31. The molecule has 0 bridgehead atoms. The summed E-state index contributed by atoms with van der Waals surface area (Å²) in [7, 11) is 1.93. The number of amides is 3. The molecule has 25 heavy (non-hydrogen) atoms. The van der Waals surface area contributed by atoms with Gasteiger partial charge in [0.15, 0.2) is 11.5 Å². The topological polar surface area (TPSA) is 91.9 Å². The van der Waals surface area contributed by atoms with Gasteiger partial charge in [-0.15, -0.1) is 0 Å². The van der Waals surface area contributed by atoms with Crippen LogP contribution in [0.15, 0.2) is 18.2 Å². The van der Waals surface area contributed by atoms with Gasteiger partial charge in [0.25, 0.3) is 0 Å². The van der Waals surface area contributed by atoms with E-state index in [2.05, 4.69) is 20.9 Å². The van der Waals surface area contributed by atoms with E-state index in [0.29, 0.717) is 36.4 Å². The van der Waals surface area contributed by atoms with Crippen LogP contribution in [-0.2, 0) is 4.79 Å². The number of benzene rings is 1. The second kappa shape index (κ2) is 8.17. The summed E-state index contributed by atoms with van der Waals surface area (Å²) >= 11 is 0. The number of nitrogens with zero attached hydrogens (tertiary/aromatic N) is 1. The number of carbonyl (C=O) groups excluding carboxylic acids is 2. The fraction of sp³-hybridized carbons (Fsp3) is 0.529. The highest BCUT2D eigenvalue weighted by Gasteiger charge is 2.21. The fourth-order valence-corrected chi connectivity index (χ4v) is 3.09. The van der Waals surface area contributed by atoms with Crippen molar-refractivity contribution in [3.63, 3.8) is 0 Å². The van der Waals surface area contributed by atoms with E-state index in [4.69, 9.17) is 9.47 Å². The first-order valence-corrected chi connectivity index (χ1v) is 8.54. The summed E-state index contributed by atoms with van der Waals surface area (Å²) in [5, 5.41) is 8.24. The van der Waals surface area contributed by atoms with Gasteiger partial charge < -0.3 is 20.1 Å². The van der Waals surface area contributed by atoms with Crippen molar-refractivity contribution in [3.8, 4) is 11.5 Å². The summed E-state index contributed by atoms with van der Waals surface area (Å²) in [4.78, 5) is 26.1. The van der Waals surface area contributed by atoms with Crippen molar-refractivity contribution in [1.29, 1.82) is 0 Å². The number of piperidine rings is 1. The van der Waals surface area contributed by atoms with Crippen molar-refractivity contribution in [3.05, 3.63) is 18.2 Å². The lowest BCUT2D eigenvalue weighted by molar-refractivity contribution is -0.121. The number of ether oxygens (including phenoxy) is 2. The van der Waals surface area contributed by atoms with Gasteiger partial charge in [0.2, 0.25) is 5.91 Å². The molecule has 8 heteroatoms. The lowest BCUT2D eigenvalue weighted by Crippen LogP contribution is -2.49. The molecular formula is C17H24N4O4. The van der Waals surface area contributed by atoms with Crippen LogP contribution in [0, 0.1) is 0 Å². The number of hydrogen-bond acceptors (Lipinski definition) is 6. The average Bonchev–Trinajstić information content (AvgIpc) is 2.61. The molecule has 1 fully saturated rings. The quantitative estimate of drug-likeness (QED) is 0.745. The van der Waals surface area contributed by atoms with E-state index in [9.17, 15) is 9.59 Å². The first kappa shape index (κ1) is 17.5. The molecule has 1 saturated heterocycles. The number of nitrogens with one attached hydrogen (secondary N) is 3. The number of anilines is 1. The molecule has 0 saturated carbocycles. The van der Waals surface area contributed by atoms with E-state index in [1.807, 2.05) is 7.05 Å². The van der Waals surface area contributed by atoms with Crippen LogP contribution in [0.5, 0.6) is 11.5 Å². The fourth-order valence-electron chi connectivity index (χ4n) is 3.09. The van der Waals surface area contributed by atoms with Crippen LogP contribution in [0.25, 0.3) is 0 Å². The Morgan fingerprint density at radius 3 is 2.84 bits per heavy atom. The first-order chi connectivity index (χ1) is 12.1. The van der Waals surface area contributed by atoms with Crippen LogP contribution in [0.2, 0.25) is 0 Å². The smallest absolute Gasteiger partial charge is 0.325 e. The molecule has 2 heterocycles. The van der Waals surface area contributed by atoms with Crippen LogP contribution in [0.3, 0.4) is 0 Å². The minimum Gasteiger partial charge on any atom is -0.486 e. The minimum absolute atomic E-state index is 0.215. The number of likely N-dealkylation sites (N-methyl/N-ethyl adjacent to an activating group) is 1. The van der Waals surface area contributed by atoms with Gasteiger partial charge in [0.05, 0.1) is 6.54 Å². The Kier molecular flexibility index (Phi) is 5.72. The van der Waals surface area contributed by atoms with Crippen molar-refractivity contribution in [2.24, 2.45) is 0 Å². The van der Waals surface area contributed by atoms with E-state index < -0.39 is 6.03 Å². The largest absolute Gasteiger partial charge is 0.486 e. The zero-order valence-corrected chi connectivity index (χ0v) is 14.3. The number of hydrogen-bond donors (Lipinski definition) is 3. The van der Waals surface area contributed by atoms with Crippen molar-refractivity contribution < 1.29 is 19.1 Å². The maximum absolute atomic E-state index is 12.1. The van der Waals surface area contributed by atoms with Crippen LogP contribution in [-0.4, -0.2) is 62.8 Å². The van der Waals surface area contributed by atoms with Crippen molar-refractivity contribution in [1.82, 2.24) is 15.5 Å². The lowest BCUT2D eigenvalue weighted by atomic mass is 10.1. The number of urea groups is 1. The third kappa shape index (κ3) is 4.83. The Morgan fingerprint density at radius 1 is 1.24 bits per heavy atom. The van der Waals surface area contributed by atoms with Crippen LogP contribution in [0.1, 0.15) is 12.8 Å². The van der Waals surface area contributed by atoms with Gasteiger partial charge in [0, 0.05) is 24.3 Å². The number of carbonyl (C=O) groups is 2. The number of imide groups is 1. The van der Waals surface area contributed by atoms with E-state index in [0.717, 1.165) is 25.9 Å². The summed E-state index contributed by atoms with van der Waals surface area (Å²) in [5.74, 6) is 0.922. The summed E-state index contributed by atoms with van der Waals surface area (Å²) in [6.07, 6.45) is 2.15. The van der Waals surface area contributed by atoms with Crippen LogP contribution >= 0.6 is 0 Å². The zero-order chi connectivity index (χ0) is 17.6. The monoisotopic (exact) mass is 348 g/mol. The van der Waals surface area contributed by atoms with Gasteiger partial charge in [-0.05, 0) is 38.6 Å². The maximum atomic E-state index is 12.1. The molecule has 0 aliphatic carbocycles. The van der Waals surface area contributed by atoms with E-state index in [1.165, 1.54) is 0 Å². The van der Waals surface area contributed by atoms with Crippen LogP contribution in [0.4, 0.5) is 10.5 Å². The highest BCUT2D eigenvalue weighted by molar-refractivity contribution is 6.01. The second-order valence-electron chi connectivity index (χ2n) is 6.22. The summed E-state index contributed by atoms with van der Waals surface area (Å²) < 4.78 is 10.9. The summed E-state index contributed by atoms with van der Waals surface area (Å²) in [6, 6.07) is 4.97. The number of likely N-dealkylation sites (tertiary alicyclic amines) is 1. The highest BCUT2D eigenvalue weighted by atomic mass is 16.6. The Balaban J connectivity index is 1.48.